The highest BCUT2D eigenvalue weighted by atomic mass is 16.2. The van der Waals surface area contributed by atoms with Crippen molar-refractivity contribution in [2.75, 3.05) is 45.8 Å². The molecule has 0 saturated carbocycles. The first kappa shape index (κ1) is 19.7. The lowest BCUT2D eigenvalue weighted by atomic mass is 10.1. The van der Waals surface area contributed by atoms with E-state index in [1.165, 1.54) is 6.42 Å². The Hall–Kier alpha value is -2.60. The molecule has 0 radical (unpaired) electrons. The zero-order valence-electron chi connectivity index (χ0n) is 17.2. The van der Waals surface area contributed by atoms with Crippen molar-refractivity contribution in [3.05, 3.63) is 53.9 Å². The maximum absolute atomic E-state index is 13.0. The van der Waals surface area contributed by atoms with Crippen LogP contribution in [0.2, 0.25) is 0 Å². The average Bonchev–Trinajstić information content (AvgIpc) is 3.29. The topological polar surface area (TPSA) is 48.8 Å². The van der Waals surface area contributed by atoms with Crippen molar-refractivity contribution < 1.29 is 9.59 Å². The van der Waals surface area contributed by atoms with E-state index in [-0.39, 0.29) is 11.8 Å². The summed E-state index contributed by atoms with van der Waals surface area (Å²) in [4.78, 5) is 31.6. The second-order valence-electron chi connectivity index (χ2n) is 8.10. The van der Waals surface area contributed by atoms with Gasteiger partial charge in [-0.05, 0) is 56.0 Å². The molecule has 0 atom stereocenters. The minimum atomic E-state index is 0.0698. The van der Waals surface area contributed by atoms with Crippen LogP contribution in [0.5, 0.6) is 0 Å². The predicted molar refractivity (Wildman–Crippen MR) is 113 cm³/mol. The van der Waals surface area contributed by atoms with Gasteiger partial charge in [0.25, 0.3) is 5.91 Å². The van der Waals surface area contributed by atoms with Crippen molar-refractivity contribution in [2.24, 2.45) is 0 Å². The SMILES string of the molecule is Cc1ccc(C(=O)N2CCN(CC(=O)N3CCCCC3)CC2)cc1-n1cccc1. The summed E-state index contributed by atoms with van der Waals surface area (Å²) >= 11 is 0. The number of benzene rings is 1. The molecule has 2 aromatic rings. The fraction of sp³-hybridized carbons (Fsp3) is 0.478. The maximum Gasteiger partial charge on any atom is 0.254 e. The van der Waals surface area contributed by atoms with E-state index < -0.39 is 0 Å². The van der Waals surface area contributed by atoms with E-state index in [2.05, 4.69) is 11.8 Å². The first-order valence-corrected chi connectivity index (χ1v) is 10.7. The molecule has 2 amide bonds. The largest absolute Gasteiger partial charge is 0.342 e. The molecule has 3 heterocycles. The third-order valence-electron chi connectivity index (χ3n) is 6.07. The number of piperazine rings is 1. The van der Waals surface area contributed by atoms with Crippen molar-refractivity contribution in [1.29, 1.82) is 0 Å². The normalized spacial score (nSPS) is 18.1. The van der Waals surface area contributed by atoms with Gasteiger partial charge in [0.05, 0.1) is 6.54 Å². The van der Waals surface area contributed by atoms with Gasteiger partial charge >= 0.3 is 0 Å². The van der Waals surface area contributed by atoms with E-state index in [0.29, 0.717) is 19.6 Å². The Morgan fingerprint density at radius 1 is 0.862 bits per heavy atom. The van der Waals surface area contributed by atoms with Crippen molar-refractivity contribution in [3.8, 4) is 5.69 Å². The number of hydrogen-bond acceptors (Lipinski definition) is 3. The molecule has 29 heavy (non-hydrogen) atoms. The van der Waals surface area contributed by atoms with Gasteiger partial charge in [-0.3, -0.25) is 14.5 Å². The van der Waals surface area contributed by atoms with Crippen LogP contribution in [0.4, 0.5) is 0 Å². The molecule has 0 bridgehead atoms. The number of rotatable bonds is 4. The van der Waals surface area contributed by atoms with Gasteiger partial charge in [0.2, 0.25) is 5.91 Å². The lowest BCUT2D eigenvalue weighted by Gasteiger charge is -2.36. The Kier molecular flexibility index (Phi) is 6.00. The Balaban J connectivity index is 1.34. The molecule has 2 saturated heterocycles. The van der Waals surface area contributed by atoms with E-state index >= 15 is 0 Å². The number of carbonyl (C=O) groups is 2. The summed E-state index contributed by atoms with van der Waals surface area (Å²) in [7, 11) is 0. The van der Waals surface area contributed by atoms with Crippen LogP contribution in [0.1, 0.15) is 35.2 Å². The van der Waals surface area contributed by atoms with Crippen LogP contribution in [-0.4, -0.2) is 76.9 Å². The number of likely N-dealkylation sites (tertiary alicyclic amines) is 1. The molecular formula is C23H30N4O2. The van der Waals surface area contributed by atoms with Crippen LogP contribution >= 0.6 is 0 Å². The molecule has 2 fully saturated rings. The fourth-order valence-electron chi connectivity index (χ4n) is 4.24. The summed E-state index contributed by atoms with van der Waals surface area (Å²) in [6, 6.07) is 9.87. The number of hydrogen-bond donors (Lipinski definition) is 0. The number of amides is 2. The zero-order valence-corrected chi connectivity index (χ0v) is 17.2. The van der Waals surface area contributed by atoms with Gasteiger partial charge in [-0.2, -0.15) is 0 Å². The van der Waals surface area contributed by atoms with Gasteiger partial charge in [-0.1, -0.05) is 6.07 Å². The molecule has 1 aromatic heterocycles. The highest BCUT2D eigenvalue weighted by Crippen LogP contribution is 2.18. The molecular weight excluding hydrogens is 364 g/mol. The zero-order chi connectivity index (χ0) is 20.2. The number of nitrogens with zero attached hydrogens (tertiary/aromatic N) is 4. The lowest BCUT2D eigenvalue weighted by molar-refractivity contribution is -0.133. The summed E-state index contributed by atoms with van der Waals surface area (Å²) in [5, 5.41) is 0. The number of aromatic nitrogens is 1. The van der Waals surface area contributed by atoms with Crippen molar-refractivity contribution in [1.82, 2.24) is 19.3 Å². The second kappa shape index (κ2) is 8.82. The standard InChI is InChI=1S/C23H30N4O2/c1-19-7-8-20(17-21(19)25-9-5-6-10-25)23(29)27-15-13-24(14-16-27)18-22(28)26-11-3-2-4-12-26/h5-10,17H,2-4,11-16,18H2,1H3. The van der Waals surface area contributed by atoms with Crippen molar-refractivity contribution >= 4 is 11.8 Å². The molecule has 154 valence electrons. The van der Waals surface area contributed by atoms with E-state index in [4.69, 9.17) is 0 Å². The summed E-state index contributed by atoms with van der Waals surface area (Å²) < 4.78 is 2.04. The summed E-state index contributed by atoms with van der Waals surface area (Å²) in [6.07, 6.45) is 7.46. The highest BCUT2D eigenvalue weighted by molar-refractivity contribution is 5.95. The smallest absolute Gasteiger partial charge is 0.254 e. The van der Waals surface area contributed by atoms with Crippen LogP contribution in [-0.2, 0) is 4.79 Å². The quantitative estimate of drug-likeness (QED) is 0.801. The minimum absolute atomic E-state index is 0.0698. The van der Waals surface area contributed by atoms with Crippen LogP contribution in [0.3, 0.4) is 0 Å². The van der Waals surface area contributed by atoms with Gasteiger partial charge in [0, 0.05) is 62.9 Å². The first-order valence-electron chi connectivity index (χ1n) is 10.7. The third kappa shape index (κ3) is 4.53. The number of piperidine rings is 1. The van der Waals surface area contributed by atoms with Gasteiger partial charge in [-0.15, -0.1) is 0 Å². The fourth-order valence-corrected chi connectivity index (χ4v) is 4.24. The van der Waals surface area contributed by atoms with Gasteiger partial charge in [-0.25, -0.2) is 0 Å². The van der Waals surface area contributed by atoms with E-state index in [1.54, 1.807) is 0 Å². The molecule has 4 rings (SSSR count). The Bertz CT molecular complexity index is 848. The van der Waals surface area contributed by atoms with Gasteiger partial charge < -0.3 is 14.4 Å². The molecule has 0 unspecified atom stereocenters. The van der Waals surface area contributed by atoms with Crippen LogP contribution in [0.25, 0.3) is 5.69 Å². The average molecular weight is 395 g/mol. The highest BCUT2D eigenvalue weighted by Gasteiger charge is 2.25. The Morgan fingerprint density at radius 3 is 2.24 bits per heavy atom. The molecule has 0 N–H and O–H groups in total. The third-order valence-corrected chi connectivity index (χ3v) is 6.07. The Labute approximate surface area is 172 Å². The summed E-state index contributed by atoms with van der Waals surface area (Å²) in [6.45, 7) is 7.16. The van der Waals surface area contributed by atoms with Crippen LogP contribution < -0.4 is 0 Å². The maximum atomic E-state index is 13.0. The molecule has 2 aliphatic heterocycles. The Morgan fingerprint density at radius 2 is 1.55 bits per heavy atom. The van der Waals surface area contributed by atoms with Gasteiger partial charge in [0.15, 0.2) is 0 Å². The molecule has 6 nitrogen and oxygen atoms in total. The predicted octanol–water partition coefficient (Wildman–Crippen LogP) is 2.56. The lowest BCUT2D eigenvalue weighted by Crippen LogP contribution is -2.52. The summed E-state index contributed by atoms with van der Waals surface area (Å²) in [5.74, 6) is 0.305. The molecule has 0 aliphatic carbocycles. The second-order valence-corrected chi connectivity index (χ2v) is 8.10. The molecule has 2 aliphatic rings. The van der Waals surface area contributed by atoms with E-state index in [1.807, 2.05) is 57.1 Å². The van der Waals surface area contributed by atoms with E-state index in [9.17, 15) is 9.59 Å². The monoisotopic (exact) mass is 394 g/mol. The van der Waals surface area contributed by atoms with Crippen molar-refractivity contribution in [3.63, 3.8) is 0 Å². The van der Waals surface area contributed by atoms with Gasteiger partial charge in [0.1, 0.15) is 0 Å². The molecule has 1 aromatic carbocycles. The molecule has 0 spiro atoms. The first-order chi connectivity index (χ1) is 14.1. The number of aryl methyl sites for hydroxylation is 1. The molecule has 6 heteroatoms. The number of carbonyl (C=O) groups excluding carboxylic acids is 2. The minimum Gasteiger partial charge on any atom is -0.342 e. The summed E-state index contributed by atoms with van der Waals surface area (Å²) in [5.41, 5.74) is 2.89. The van der Waals surface area contributed by atoms with Crippen LogP contribution in [0.15, 0.2) is 42.7 Å². The van der Waals surface area contributed by atoms with E-state index in [0.717, 1.165) is 55.8 Å². The van der Waals surface area contributed by atoms with Crippen molar-refractivity contribution in [2.45, 2.75) is 26.2 Å². The van der Waals surface area contributed by atoms with Crippen LogP contribution in [0, 0.1) is 6.92 Å².